The fraction of sp³-hybridized carbons (Fsp3) is 0.296. The molecule has 1 aliphatic carbocycles. The minimum absolute atomic E-state index is 0.00747. The zero-order valence-corrected chi connectivity index (χ0v) is 18.0. The third-order valence-electron chi connectivity index (χ3n) is 6.69. The summed E-state index contributed by atoms with van der Waals surface area (Å²) in [6.07, 6.45) is 0.158. The molecule has 0 aromatic heterocycles. The molecule has 5 rings (SSSR count). The van der Waals surface area contributed by atoms with Crippen LogP contribution in [0.15, 0.2) is 72.8 Å². The van der Waals surface area contributed by atoms with E-state index in [1.165, 1.54) is 0 Å². The van der Waals surface area contributed by atoms with Gasteiger partial charge in [0.25, 0.3) is 5.79 Å². The third kappa shape index (κ3) is 3.11. The van der Waals surface area contributed by atoms with Crippen molar-refractivity contribution >= 4 is 28.5 Å². The Kier molecular flexibility index (Phi) is 4.66. The number of Topliss-reactive ketones (excluding diaryl/α,β-unsaturated/α-hetero) is 1. The summed E-state index contributed by atoms with van der Waals surface area (Å²) in [6, 6.07) is 22.9. The Balaban J connectivity index is 1.74. The lowest BCUT2D eigenvalue weighted by Gasteiger charge is -2.50. The highest BCUT2D eigenvalue weighted by Gasteiger charge is 2.67. The summed E-state index contributed by atoms with van der Waals surface area (Å²) in [4.78, 5) is 40.4. The minimum atomic E-state index is -1.63. The number of cyclic esters (lactones) is 2. The van der Waals surface area contributed by atoms with E-state index in [2.05, 4.69) is 0 Å². The number of benzene rings is 3. The van der Waals surface area contributed by atoms with Gasteiger partial charge in [-0.05, 0) is 21.9 Å². The zero-order valence-electron chi connectivity index (χ0n) is 18.0. The maximum atomic E-state index is 13.7. The molecule has 1 saturated carbocycles. The van der Waals surface area contributed by atoms with Gasteiger partial charge in [0.2, 0.25) is 0 Å². The predicted octanol–water partition coefficient (Wildman–Crippen LogP) is 4.89. The largest absolute Gasteiger partial charge is 0.422 e. The molecule has 0 amide bonds. The van der Waals surface area contributed by atoms with Crippen molar-refractivity contribution in [3.63, 3.8) is 0 Å². The first-order chi connectivity index (χ1) is 15.3. The van der Waals surface area contributed by atoms with Crippen LogP contribution in [-0.2, 0) is 23.9 Å². The van der Waals surface area contributed by atoms with Crippen molar-refractivity contribution in [1.29, 1.82) is 0 Å². The van der Waals surface area contributed by atoms with Crippen LogP contribution in [0.2, 0.25) is 0 Å². The first kappa shape index (κ1) is 20.4. The second-order valence-electron chi connectivity index (χ2n) is 9.12. The van der Waals surface area contributed by atoms with Crippen LogP contribution in [0.4, 0.5) is 0 Å². The van der Waals surface area contributed by atoms with Crippen molar-refractivity contribution < 1.29 is 23.9 Å². The van der Waals surface area contributed by atoms with Crippen molar-refractivity contribution in [2.24, 2.45) is 5.41 Å². The van der Waals surface area contributed by atoms with Gasteiger partial charge in [0.1, 0.15) is 5.78 Å². The molecule has 1 heterocycles. The molecule has 0 radical (unpaired) electrons. The van der Waals surface area contributed by atoms with E-state index in [4.69, 9.17) is 9.47 Å². The van der Waals surface area contributed by atoms with E-state index in [0.29, 0.717) is 0 Å². The van der Waals surface area contributed by atoms with Gasteiger partial charge in [0.05, 0.1) is 0 Å². The van der Waals surface area contributed by atoms with Crippen LogP contribution in [0.1, 0.15) is 49.7 Å². The Morgan fingerprint density at radius 1 is 0.688 bits per heavy atom. The normalized spacial score (nSPS) is 24.2. The quantitative estimate of drug-likeness (QED) is 0.429. The topological polar surface area (TPSA) is 69.7 Å². The van der Waals surface area contributed by atoms with Gasteiger partial charge >= 0.3 is 11.9 Å². The summed E-state index contributed by atoms with van der Waals surface area (Å²) in [6.45, 7) is 3.10. The molecule has 32 heavy (non-hydrogen) atoms. The maximum Gasteiger partial charge on any atom is 0.328 e. The van der Waals surface area contributed by atoms with Gasteiger partial charge in [-0.25, -0.2) is 0 Å². The van der Waals surface area contributed by atoms with E-state index in [9.17, 15) is 14.4 Å². The number of carbonyl (C=O) groups excluding carboxylic acids is 3. The molecule has 2 fully saturated rings. The molecule has 1 spiro atoms. The smallest absolute Gasteiger partial charge is 0.328 e. The van der Waals surface area contributed by atoms with E-state index in [0.717, 1.165) is 21.9 Å². The maximum absolute atomic E-state index is 13.7. The van der Waals surface area contributed by atoms with E-state index >= 15 is 0 Å². The second-order valence-corrected chi connectivity index (χ2v) is 9.12. The van der Waals surface area contributed by atoms with Crippen LogP contribution >= 0.6 is 0 Å². The average Bonchev–Trinajstić information content (AvgIpc) is 2.77. The summed E-state index contributed by atoms with van der Waals surface area (Å²) < 4.78 is 11.3. The molecular weight excluding hydrogens is 404 g/mol. The Morgan fingerprint density at radius 2 is 1.25 bits per heavy atom. The molecule has 0 bridgehead atoms. The van der Waals surface area contributed by atoms with Crippen molar-refractivity contribution in [2.45, 2.75) is 44.3 Å². The summed E-state index contributed by atoms with van der Waals surface area (Å²) in [7, 11) is 0. The molecule has 3 aromatic carbocycles. The highest BCUT2D eigenvalue weighted by atomic mass is 16.7. The van der Waals surface area contributed by atoms with Gasteiger partial charge in [-0.15, -0.1) is 0 Å². The molecule has 0 unspecified atom stereocenters. The Morgan fingerprint density at radius 3 is 1.91 bits per heavy atom. The Hall–Kier alpha value is -3.47. The van der Waals surface area contributed by atoms with Crippen molar-refractivity contribution in [2.75, 3.05) is 0 Å². The summed E-state index contributed by atoms with van der Waals surface area (Å²) in [5.74, 6) is -3.95. The van der Waals surface area contributed by atoms with Gasteiger partial charge in [-0.3, -0.25) is 14.4 Å². The van der Waals surface area contributed by atoms with Gasteiger partial charge < -0.3 is 9.47 Å². The molecule has 1 saturated heterocycles. The molecule has 2 aliphatic rings. The van der Waals surface area contributed by atoms with E-state index in [-0.39, 0.29) is 18.6 Å². The lowest BCUT2D eigenvalue weighted by molar-refractivity contribution is -0.256. The number of esters is 2. The highest BCUT2D eigenvalue weighted by molar-refractivity contribution is 6.06. The summed E-state index contributed by atoms with van der Waals surface area (Å²) in [5.41, 5.74) is -0.126. The van der Waals surface area contributed by atoms with E-state index in [1.54, 1.807) is 13.8 Å². The second kappa shape index (κ2) is 7.30. The predicted molar refractivity (Wildman–Crippen MR) is 119 cm³/mol. The first-order valence-electron chi connectivity index (χ1n) is 10.8. The van der Waals surface area contributed by atoms with Crippen LogP contribution in [0.5, 0.6) is 0 Å². The standard InChI is InChI=1S/C27H24O5/c1-26(2)31-24(29)27(25(30)32-26)22(18-9-4-3-5-10-18)15-21(28)16-23(27)20-13-12-17-8-6-7-11-19(17)14-20/h3-14,22-23H,15-16H2,1-2H3/t22-,23+/m0/s1. The number of hydrogen-bond donors (Lipinski definition) is 0. The van der Waals surface area contributed by atoms with Crippen molar-refractivity contribution in [3.05, 3.63) is 83.9 Å². The van der Waals surface area contributed by atoms with Gasteiger partial charge in [0.15, 0.2) is 5.41 Å². The molecule has 162 valence electrons. The summed E-state index contributed by atoms with van der Waals surface area (Å²) >= 11 is 0. The van der Waals surface area contributed by atoms with Crippen LogP contribution < -0.4 is 0 Å². The molecule has 5 heteroatoms. The number of rotatable bonds is 2. The van der Waals surface area contributed by atoms with Crippen LogP contribution in [0.25, 0.3) is 10.8 Å². The average molecular weight is 428 g/mol. The van der Waals surface area contributed by atoms with Gasteiger partial charge in [0, 0.05) is 38.5 Å². The minimum Gasteiger partial charge on any atom is -0.422 e. The number of ether oxygens (including phenoxy) is 2. The molecule has 1 aliphatic heterocycles. The van der Waals surface area contributed by atoms with E-state index < -0.39 is 35.0 Å². The fourth-order valence-corrected chi connectivity index (χ4v) is 5.26. The van der Waals surface area contributed by atoms with Gasteiger partial charge in [-0.2, -0.15) is 0 Å². The summed E-state index contributed by atoms with van der Waals surface area (Å²) in [5, 5.41) is 2.02. The number of carbonyl (C=O) groups is 3. The number of ketones is 1. The fourth-order valence-electron chi connectivity index (χ4n) is 5.26. The third-order valence-corrected chi connectivity index (χ3v) is 6.69. The van der Waals surface area contributed by atoms with Crippen molar-refractivity contribution in [1.82, 2.24) is 0 Å². The highest BCUT2D eigenvalue weighted by Crippen LogP contribution is 2.58. The molecule has 0 N–H and O–H groups in total. The van der Waals surface area contributed by atoms with Crippen LogP contribution in [-0.4, -0.2) is 23.5 Å². The van der Waals surface area contributed by atoms with Crippen molar-refractivity contribution in [3.8, 4) is 0 Å². The Labute approximate surface area is 186 Å². The van der Waals surface area contributed by atoms with Crippen LogP contribution in [0.3, 0.4) is 0 Å². The van der Waals surface area contributed by atoms with E-state index in [1.807, 2.05) is 72.8 Å². The monoisotopic (exact) mass is 428 g/mol. The SMILES string of the molecule is CC1(C)OC(=O)C2(C(=O)O1)[C@@H](c1ccc3ccccc3c1)CC(=O)C[C@H]2c1ccccc1. The van der Waals surface area contributed by atoms with Gasteiger partial charge in [-0.1, -0.05) is 72.8 Å². The molecular formula is C27H24O5. The van der Waals surface area contributed by atoms with Crippen LogP contribution in [0, 0.1) is 5.41 Å². The zero-order chi connectivity index (χ0) is 22.5. The number of hydrogen-bond acceptors (Lipinski definition) is 5. The molecule has 2 atom stereocenters. The lowest BCUT2D eigenvalue weighted by atomic mass is 9.55. The number of fused-ring (bicyclic) bond motifs is 1. The first-order valence-corrected chi connectivity index (χ1v) is 10.8. The Bertz CT molecular complexity index is 1210. The molecule has 5 nitrogen and oxygen atoms in total. The molecule has 3 aromatic rings. The lowest BCUT2D eigenvalue weighted by Crippen LogP contribution is -2.61.